The summed E-state index contributed by atoms with van der Waals surface area (Å²) < 4.78 is 17.0. The van der Waals surface area contributed by atoms with Crippen molar-refractivity contribution < 1.29 is 23.8 Å². The zero-order valence-corrected chi connectivity index (χ0v) is 17.5. The normalized spacial score (nSPS) is 20.7. The van der Waals surface area contributed by atoms with E-state index in [1.165, 1.54) is 0 Å². The SMILES string of the molecule is CC1CN(CCC(=O)NC(=O)Nc2ccc3c(c2)OCCO3)CC(c2ccccc2)O1. The van der Waals surface area contributed by atoms with Gasteiger partial charge in [-0.3, -0.25) is 15.0 Å². The van der Waals surface area contributed by atoms with Gasteiger partial charge in [-0.05, 0) is 24.6 Å². The molecule has 8 heteroatoms. The lowest BCUT2D eigenvalue weighted by molar-refractivity contribution is -0.121. The van der Waals surface area contributed by atoms with E-state index in [-0.39, 0.29) is 24.5 Å². The first-order valence-corrected chi connectivity index (χ1v) is 10.5. The van der Waals surface area contributed by atoms with Crippen LogP contribution in [0.2, 0.25) is 0 Å². The van der Waals surface area contributed by atoms with E-state index in [1.54, 1.807) is 18.2 Å². The maximum atomic E-state index is 12.3. The standard InChI is InChI=1S/C23H27N3O5/c1-16-14-26(15-21(31-16)17-5-3-2-4-6-17)10-9-22(27)25-23(28)24-18-7-8-19-20(13-18)30-12-11-29-19/h2-8,13,16,21H,9-12,14-15H2,1H3,(H2,24,25,27,28). The molecule has 0 spiro atoms. The monoisotopic (exact) mass is 425 g/mol. The van der Waals surface area contributed by atoms with Crippen LogP contribution in [0, 0.1) is 0 Å². The van der Waals surface area contributed by atoms with E-state index in [1.807, 2.05) is 25.1 Å². The van der Waals surface area contributed by atoms with Gasteiger partial charge >= 0.3 is 6.03 Å². The van der Waals surface area contributed by atoms with Crippen molar-refractivity contribution in [1.82, 2.24) is 10.2 Å². The number of fused-ring (bicyclic) bond motifs is 1. The fraction of sp³-hybridized carbons (Fsp3) is 0.391. The molecule has 1 saturated heterocycles. The number of carbonyl (C=O) groups is 2. The highest BCUT2D eigenvalue weighted by Gasteiger charge is 2.26. The summed E-state index contributed by atoms with van der Waals surface area (Å²) in [6, 6.07) is 14.6. The van der Waals surface area contributed by atoms with Gasteiger partial charge in [-0.1, -0.05) is 30.3 Å². The van der Waals surface area contributed by atoms with Gasteiger partial charge in [0.1, 0.15) is 13.2 Å². The van der Waals surface area contributed by atoms with Crippen molar-refractivity contribution >= 4 is 17.6 Å². The fourth-order valence-electron chi connectivity index (χ4n) is 3.81. The second kappa shape index (κ2) is 9.80. The first-order valence-electron chi connectivity index (χ1n) is 10.5. The average molecular weight is 425 g/mol. The molecule has 2 aromatic carbocycles. The highest BCUT2D eigenvalue weighted by atomic mass is 16.6. The highest BCUT2D eigenvalue weighted by Crippen LogP contribution is 2.32. The Kier molecular flexibility index (Phi) is 6.69. The Bertz CT molecular complexity index is 921. The summed E-state index contributed by atoms with van der Waals surface area (Å²) in [5.41, 5.74) is 1.66. The van der Waals surface area contributed by atoms with E-state index < -0.39 is 6.03 Å². The molecule has 164 valence electrons. The summed E-state index contributed by atoms with van der Waals surface area (Å²) in [5, 5.41) is 5.04. The highest BCUT2D eigenvalue weighted by molar-refractivity contribution is 6.01. The second-order valence-electron chi connectivity index (χ2n) is 7.72. The zero-order chi connectivity index (χ0) is 21.6. The van der Waals surface area contributed by atoms with Crippen molar-refractivity contribution in [2.24, 2.45) is 0 Å². The third-order valence-corrected chi connectivity index (χ3v) is 5.22. The predicted molar refractivity (Wildman–Crippen MR) is 115 cm³/mol. The molecule has 0 aromatic heterocycles. The smallest absolute Gasteiger partial charge is 0.325 e. The van der Waals surface area contributed by atoms with Crippen LogP contribution in [0.25, 0.3) is 0 Å². The minimum atomic E-state index is -0.570. The summed E-state index contributed by atoms with van der Waals surface area (Å²) in [5.74, 6) is 0.886. The molecule has 2 aromatic rings. The van der Waals surface area contributed by atoms with E-state index >= 15 is 0 Å². The van der Waals surface area contributed by atoms with Crippen LogP contribution >= 0.6 is 0 Å². The number of morpholine rings is 1. The Labute approximate surface area is 181 Å². The Hall–Kier alpha value is -3.10. The van der Waals surface area contributed by atoms with Gasteiger partial charge in [-0.25, -0.2) is 4.79 Å². The summed E-state index contributed by atoms with van der Waals surface area (Å²) in [7, 11) is 0. The fourth-order valence-corrected chi connectivity index (χ4v) is 3.81. The number of carbonyl (C=O) groups excluding carboxylic acids is 2. The number of ether oxygens (including phenoxy) is 3. The summed E-state index contributed by atoms with van der Waals surface area (Å²) >= 11 is 0. The number of anilines is 1. The molecule has 1 fully saturated rings. The Morgan fingerprint density at radius 2 is 1.81 bits per heavy atom. The van der Waals surface area contributed by atoms with E-state index in [2.05, 4.69) is 27.7 Å². The van der Waals surface area contributed by atoms with Crippen molar-refractivity contribution in [3.8, 4) is 11.5 Å². The van der Waals surface area contributed by atoms with Gasteiger partial charge in [0.15, 0.2) is 11.5 Å². The van der Waals surface area contributed by atoms with Gasteiger partial charge in [0, 0.05) is 37.8 Å². The number of benzene rings is 2. The Morgan fingerprint density at radius 1 is 1.03 bits per heavy atom. The van der Waals surface area contributed by atoms with Gasteiger partial charge in [0.2, 0.25) is 5.91 Å². The molecule has 0 bridgehead atoms. The number of nitrogens with zero attached hydrogens (tertiary/aromatic N) is 1. The molecule has 0 saturated carbocycles. The zero-order valence-electron chi connectivity index (χ0n) is 17.5. The summed E-state index contributed by atoms with van der Waals surface area (Å²) in [6.45, 7) is 5.02. The summed E-state index contributed by atoms with van der Waals surface area (Å²) in [4.78, 5) is 26.7. The van der Waals surface area contributed by atoms with E-state index in [0.717, 1.165) is 12.1 Å². The maximum Gasteiger partial charge on any atom is 0.325 e. The van der Waals surface area contributed by atoms with Crippen LogP contribution in [0.1, 0.15) is 25.0 Å². The van der Waals surface area contributed by atoms with Crippen LogP contribution in [-0.4, -0.2) is 55.8 Å². The number of nitrogens with one attached hydrogen (secondary N) is 2. The number of amides is 3. The molecule has 2 aliphatic heterocycles. The van der Waals surface area contributed by atoms with Crippen LogP contribution in [-0.2, 0) is 9.53 Å². The minimum absolute atomic E-state index is 0.0217. The lowest BCUT2D eigenvalue weighted by Gasteiger charge is -2.37. The topological polar surface area (TPSA) is 89.1 Å². The number of imide groups is 1. The molecule has 0 radical (unpaired) electrons. The molecule has 2 unspecified atom stereocenters. The van der Waals surface area contributed by atoms with E-state index in [4.69, 9.17) is 14.2 Å². The van der Waals surface area contributed by atoms with E-state index in [9.17, 15) is 9.59 Å². The molecule has 8 nitrogen and oxygen atoms in total. The molecule has 3 amide bonds. The molecule has 2 heterocycles. The van der Waals surface area contributed by atoms with Crippen molar-refractivity contribution in [1.29, 1.82) is 0 Å². The minimum Gasteiger partial charge on any atom is -0.486 e. The van der Waals surface area contributed by atoms with Crippen LogP contribution in [0.15, 0.2) is 48.5 Å². The molecule has 2 atom stereocenters. The quantitative estimate of drug-likeness (QED) is 0.766. The van der Waals surface area contributed by atoms with Crippen molar-refractivity contribution in [2.75, 3.05) is 38.2 Å². The van der Waals surface area contributed by atoms with Gasteiger partial charge in [-0.15, -0.1) is 0 Å². The van der Waals surface area contributed by atoms with Gasteiger partial charge in [0.05, 0.1) is 12.2 Å². The Morgan fingerprint density at radius 3 is 2.61 bits per heavy atom. The van der Waals surface area contributed by atoms with Crippen LogP contribution < -0.4 is 20.1 Å². The predicted octanol–water partition coefficient (Wildman–Crippen LogP) is 2.96. The van der Waals surface area contributed by atoms with E-state index in [0.29, 0.717) is 43.5 Å². The van der Waals surface area contributed by atoms with Gasteiger partial charge in [-0.2, -0.15) is 0 Å². The largest absolute Gasteiger partial charge is 0.486 e. The van der Waals surface area contributed by atoms with Gasteiger partial charge < -0.3 is 19.5 Å². The second-order valence-corrected chi connectivity index (χ2v) is 7.72. The number of hydrogen-bond donors (Lipinski definition) is 2. The van der Waals surface area contributed by atoms with Crippen LogP contribution in [0.4, 0.5) is 10.5 Å². The third-order valence-electron chi connectivity index (χ3n) is 5.22. The number of urea groups is 1. The molecule has 0 aliphatic carbocycles. The third kappa shape index (κ3) is 5.74. The summed E-state index contributed by atoms with van der Waals surface area (Å²) in [6.07, 6.45) is 0.273. The first kappa shape index (κ1) is 21.1. The maximum absolute atomic E-state index is 12.3. The van der Waals surface area contributed by atoms with Crippen LogP contribution in [0.5, 0.6) is 11.5 Å². The van der Waals surface area contributed by atoms with Gasteiger partial charge in [0.25, 0.3) is 0 Å². The van der Waals surface area contributed by atoms with Crippen molar-refractivity contribution in [3.05, 3.63) is 54.1 Å². The molecule has 2 aliphatic rings. The molecular formula is C23H27N3O5. The van der Waals surface area contributed by atoms with Crippen LogP contribution in [0.3, 0.4) is 0 Å². The van der Waals surface area contributed by atoms with Crippen molar-refractivity contribution in [3.63, 3.8) is 0 Å². The lowest BCUT2D eigenvalue weighted by Crippen LogP contribution is -2.44. The molecule has 4 rings (SSSR count). The first-order chi connectivity index (χ1) is 15.1. The molecule has 31 heavy (non-hydrogen) atoms. The van der Waals surface area contributed by atoms with Crippen molar-refractivity contribution in [2.45, 2.75) is 25.6 Å². The average Bonchev–Trinajstić information content (AvgIpc) is 2.78. The lowest BCUT2D eigenvalue weighted by atomic mass is 10.1. The number of rotatable bonds is 5. The number of hydrogen-bond acceptors (Lipinski definition) is 6. The molecule has 2 N–H and O–H groups in total. The molecular weight excluding hydrogens is 398 g/mol. The Balaban J connectivity index is 1.24.